The highest BCUT2D eigenvalue weighted by Gasteiger charge is 2.33. The van der Waals surface area contributed by atoms with Crippen LogP contribution >= 0.6 is 0 Å². The van der Waals surface area contributed by atoms with Crippen LogP contribution in [0.1, 0.15) is 68.2 Å². The number of aliphatic hydroxyl groups excluding tert-OH is 1. The Bertz CT molecular complexity index is 700. The third kappa shape index (κ3) is 4.24. The van der Waals surface area contributed by atoms with Crippen LogP contribution < -0.4 is 0 Å². The van der Waals surface area contributed by atoms with E-state index >= 15 is 0 Å². The number of oxime groups is 1. The number of hydrogen-bond donors (Lipinski definition) is 1. The fourth-order valence-corrected chi connectivity index (χ4v) is 3.51. The van der Waals surface area contributed by atoms with Crippen molar-refractivity contribution in [2.75, 3.05) is 6.61 Å². The Morgan fingerprint density at radius 3 is 2.36 bits per heavy atom. The third-order valence-electron chi connectivity index (χ3n) is 4.37. The number of aromatic nitrogens is 2. The van der Waals surface area contributed by atoms with E-state index in [1.165, 1.54) is 0 Å². The molecule has 1 N–H and O–H groups in total. The summed E-state index contributed by atoms with van der Waals surface area (Å²) in [5.74, 6) is 0.606. The first-order valence-corrected chi connectivity index (χ1v) is 8.85. The lowest BCUT2D eigenvalue weighted by atomic mass is 9.79. The second-order valence-corrected chi connectivity index (χ2v) is 6.41. The number of carbonyl (C=O) groups excluding carboxylic acids is 1. The van der Waals surface area contributed by atoms with Gasteiger partial charge in [0.15, 0.2) is 5.78 Å². The summed E-state index contributed by atoms with van der Waals surface area (Å²) in [5.41, 5.74) is 3.57. The molecule has 1 aromatic heterocycles. The Morgan fingerprint density at radius 1 is 1.20 bits per heavy atom. The Morgan fingerprint density at radius 2 is 1.84 bits per heavy atom. The van der Waals surface area contributed by atoms with E-state index in [4.69, 9.17) is 4.84 Å². The first-order chi connectivity index (χ1) is 11.9. The molecule has 1 aliphatic rings. The predicted octanol–water partition coefficient (Wildman–Crippen LogP) is 3.85. The van der Waals surface area contributed by atoms with Crippen LogP contribution in [0, 0.1) is 20.8 Å². The van der Waals surface area contributed by atoms with Crippen molar-refractivity contribution in [3.63, 3.8) is 0 Å². The zero-order valence-electron chi connectivity index (χ0n) is 15.7. The lowest BCUT2D eigenvalue weighted by molar-refractivity contribution is -0.116. The Labute approximate surface area is 149 Å². The Hall–Kier alpha value is -2.24. The molecule has 136 valence electrons. The molecule has 1 heterocycles. The van der Waals surface area contributed by atoms with Crippen molar-refractivity contribution in [2.45, 2.75) is 66.2 Å². The first-order valence-electron chi connectivity index (χ1n) is 8.85. The number of Topliss-reactive ketones (excluding diaryl/α,β-unsaturated/α-hetero) is 1. The molecule has 0 aromatic carbocycles. The van der Waals surface area contributed by atoms with Gasteiger partial charge < -0.3 is 9.94 Å². The summed E-state index contributed by atoms with van der Waals surface area (Å²) in [4.78, 5) is 26.7. The molecule has 1 atom stereocenters. The van der Waals surface area contributed by atoms with Gasteiger partial charge in [0.1, 0.15) is 18.2 Å². The number of nitrogens with zero attached hydrogens (tertiary/aromatic N) is 3. The summed E-state index contributed by atoms with van der Waals surface area (Å²) in [6.07, 6.45) is 2.14. The van der Waals surface area contributed by atoms with Crippen molar-refractivity contribution >= 4 is 11.5 Å². The summed E-state index contributed by atoms with van der Waals surface area (Å²) < 4.78 is 0. The van der Waals surface area contributed by atoms with Gasteiger partial charge in [-0.25, -0.2) is 9.97 Å². The van der Waals surface area contributed by atoms with Gasteiger partial charge in [0.2, 0.25) is 0 Å². The molecule has 6 heteroatoms. The van der Waals surface area contributed by atoms with Crippen molar-refractivity contribution in [1.82, 2.24) is 9.97 Å². The van der Waals surface area contributed by atoms with Crippen LogP contribution in [0.3, 0.4) is 0 Å². The average molecular weight is 345 g/mol. The van der Waals surface area contributed by atoms with Crippen LogP contribution in [0.5, 0.6) is 0 Å². The van der Waals surface area contributed by atoms with Crippen molar-refractivity contribution in [2.24, 2.45) is 5.16 Å². The van der Waals surface area contributed by atoms with E-state index in [-0.39, 0.29) is 17.5 Å². The molecule has 6 nitrogen and oxygen atoms in total. The first kappa shape index (κ1) is 19.1. The number of hydrogen-bond acceptors (Lipinski definition) is 6. The van der Waals surface area contributed by atoms with Crippen LogP contribution in [-0.2, 0) is 9.63 Å². The lowest BCUT2D eigenvalue weighted by Gasteiger charge is -2.26. The van der Waals surface area contributed by atoms with E-state index < -0.39 is 0 Å². The average Bonchev–Trinajstić information content (AvgIpc) is 2.51. The molecule has 0 saturated heterocycles. The maximum absolute atomic E-state index is 12.8. The minimum Gasteiger partial charge on any atom is -0.511 e. The Balaban J connectivity index is 2.38. The van der Waals surface area contributed by atoms with E-state index in [9.17, 15) is 9.90 Å². The molecular weight excluding hydrogens is 318 g/mol. The summed E-state index contributed by atoms with van der Waals surface area (Å²) in [7, 11) is 0. The largest absolute Gasteiger partial charge is 0.511 e. The molecule has 0 amide bonds. The van der Waals surface area contributed by atoms with Gasteiger partial charge in [0, 0.05) is 30.1 Å². The fourth-order valence-electron chi connectivity index (χ4n) is 3.51. The van der Waals surface area contributed by atoms with E-state index in [2.05, 4.69) is 15.1 Å². The van der Waals surface area contributed by atoms with Gasteiger partial charge in [0.25, 0.3) is 0 Å². The van der Waals surface area contributed by atoms with Gasteiger partial charge in [-0.15, -0.1) is 0 Å². The number of allylic oxidation sites excluding steroid dienone is 2. The minimum absolute atomic E-state index is 0.0903. The molecule has 2 rings (SSSR count). The Kier molecular flexibility index (Phi) is 6.28. The van der Waals surface area contributed by atoms with Crippen LogP contribution in [0.4, 0.5) is 0 Å². The fraction of sp³-hybridized carbons (Fsp3) is 0.579. The molecule has 1 aliphatic carbocycles. The van der Waals surface area contributed by atoms with Crippen molar-refractivity contribution < 1.29 is 14.7 Å². The number of aryl methyl sites for hydroxylation is 3. The lowest BCUT2D eigenvalue weighted by Crippen LogP contribution is -2.25. The van der Waals surface area contributed by atoms with Crippen molar-refractivity contribution in [3.8, 4) is 0 Å². The highest BCUT2D eigenvalue weighted by Crippen LogP contribution is 2.36. The van der Waals surface area contributed by atoms with Crippen LogP contribution in [0.2, 0.25) is 0 Å². The molecule has 0 saturated carbocycles. The molecule has 0 radical (unpaired) electrons. The normalized spacial score (nSPS) is 18.7. The van der Waals surface area contributed by atoms with Crippen LogP contribution in [0.15, 0.2) is 16.5 Å². The summed E-state index contributed by atoms with van der Waals surface area (Å²) in [6.45, 7) is 9.98. The van der Waals surface area contributed by atoms with Crippen molar-refractivity contribution in [1.29, 1.82) is 0 Å². The molecule has 0 bridgehead atoms. The minimum atomic E-state index is -0.105. The molecule has 1 unspecified atom stereocenters. The highest BCUT2D eigenvalue weighted by molar-refractivity contribution is 6.23. The van der Waals surface area contributed by atoms with Gasteiger partial charge in [0.05, 0.1) is 11.3 Å². The second kappa shape index (κ2) is 8.23. The summed E-state index contributed by atoms with van der Waals surface area (Å²) in [5, 5.41) is 14.6. The van der Waals surface area contributed by atoms with Gasteiger partial charge in [-0.3, -0.25) is 4.79 Å². The molecule has 1 aromatic rings. The smallest absolute Gasteiger partial charge is 0.168 e. The molecule has 0 aliphatic heterocycles. The van der Waals surface area contributed by atoms with Gasteiger partial charge >= 0.3 is 0 Å². The van der Waals surface area contributed by atoms with E-state index in [0.29, 0.717) is 37.2 Å². The quantitative estimate of drug-likeness (QED) is 0.625. The maximum atomic E-state index is 12.8. The molecule has 25 heavy (non-hydrogen) atoms. The number of rotatable bonds is 6. The number of aliphatic hydroxyl groups is 1. The van der Waals surface area contributed by atoms with Gasteiger partial charge in [-0.05, 0) is 39.7 Å². The summed E-state index contributed by atoms with van der Waals surface area (Å²) in [6, 6.07) is 0. The van der Waals surface area contributed by atoms with E-state index in [1.807, 2.05) is 34.6 Å². The van der Waals surface area contributed by atoms with E-state index in [0.717, 1.165) is 29.2 Å². The van der Waals surface area contributed by atoms with Crippen LogP contribution in [-0.4, -0.2) is 33.2 Å². The number of ketones is 1. The monoisotopic (exact) mass is 345 g/mol. The highest BCUT2D eigenvalue weighted by atomic mass is 16.6. The standard InChI is InChI=1S/C19H27N3O3/c1-6-8-15(22-25-7-2)19-16(23)9-14(10-17(19)24)18-11(3)20-13(5)21-12(18)4/h14,23H,6-10H2,1-5H3/b22-15+. The SMILES string of the molecule is CCC/C(=N\OCC)C1=C(O)CC(c2c(C)nc(C)nc2C)CC1=O. The van der Waals surface area contributed by atoms with E-state index in [1.54, 1.807) is 0 Å². The molecular formula is C19H27N3O3. The molecule has 0 spiro atoms. The van der Waals surface area contributed by atoms with Crippen molar-refractivity contribution in [3.05, 3.63) is 34.1 Å². The summed E-state index contributed by atoms with van der Waals surface area (Å²) >= 11 is 0. The zero-order chi connectivity index (χ0) is 18.6. The molecule has 0 fully saturated rings. The van der Waals surface area contributed by atoms with Crippen LogP contribution in [0.25, 0.3) is 0 Å². The maximum Gasteiger partial charge on any atom is 0.168 e. The van der Waals surface area contributed by atoms with Gasteiger partial charge in [-0.1, -0.05) is 18.5 Å². The number of carbonyl (C=O) groups is 1. The zero-order valence-corrected chi connectivity index (χ0v) is 15.7. The third-order valence-corrected chi connectivity index (χ3v) is 4.37. The second-order valence-electron chi connectivity index (χ2n) is 6.41. The topological polar surface area (TPSA) is 84.7 Å². The predicted molar refractivity (Wildman–Crippen MR) is 96.8 cm³/mol. The van der Waals surface area contributed by atoms with Gasteiger partial charge in [-0.2, -0.15) is 0 Å².